The summed E-state index contributed by atoms with van der Waals surface area (Å²) < 4.78 is 0. The van der Waals surface area contributed by atoms with Crippen molar-refractivity contribution in [3.05, 3.63) is 11.6 Å². The van der Waals surface area contributed by atoms with E-state index in [4.69, 9.17) is 0 Å². The first-order valence-electron chi connectivity index (χ1n) is 9.02. The van der Waals surface area contributed by atoms with Crippen LogP contribution >= 0.6 is 0 Å². The number of hydrogen-bond donors (Lipinski definition) is 0. The fourth-order valence-electron chi connectivity index (χ4n) is 4.46. The first-order valence-corrected chi connectivity index (χ1v) is 9.02. The van der Waals surface area contributed by atoms with Crippen LogP contribution in [0, 0.1) is 0 Å². The minimum absolute atomic E-state index is 0.0852. The fraction of sp³-hybridized carbons (Fsp3) is 0.842. The molecule has 0 atom stereocenters. The highest BCUT2D eigenvalue weighted by molar-refractivity contribution is 5.80. The maximum Gasteiger partial charge on any atom is 0.237 e. The van der Waals surface area contributed by atoms with Crippen LogP contribution < -0.4 is 0 Å². The normalized spacial score (nSPS) is 24.4. The summed E-state index contributed by atoms with van der Waals surface area (Å²) in [6, 6.07) is 0. The topological polar surface area (TPSA) is 23.6 Å². The van der Waals surface area contributed by atoms with Crippen LogP contribution in [0.2, 0.25) is 0 Å². The minimum Gasteiger partial charge on any atom is -0.328 e. The third-order valence-corrected chi connectivity index (χ3v) is 5.06. The van der Waals surface area contributed by atoms with E-state index in [1.165, 1.54) is 37.7 Å². The van der Waals surface area contributed by atoms with Crippen LogP contribution in [0.15, 0.2) is 11.6 Å². The molecule has 0 radical (unpaired) electrons. The van der Waals surface area contributed by atoms with Crippen molar-refractivity contribution in [2.45, 2.75) is 84.2 Å². The second-order valence-corrected chi connectivity index (χ2v) is 8.26. The first kappa shape index (κ1) is 17.5. The highest BCUT2D eigenvalue weighted by Crippen LogP contribution is 2.39. The van der Waals surface area contributed by atoms with Gasteiger partial charge in [0.15, 0.2) is 0 Å². The standard InChI is InChI=1S/C19H34N2O/c1-6-7-10-16-13-18(2,3)21(19(4,5)14-16)17(22)15-20-11-8-9-12-20/h13H,6-12,14-15H2,1-5H3. The predicted octanol–water partition coefficient (Wildman–Crippen LogP) is 3.99. The molecule has 0 aliphatic carbocycles. The van der Waals surface area contributed by atoms with Crippen molar-refractivity contribution in [2.75, 3.05) is 19.6 Å². The Morgan fingerprint density at radius 3 is 2.36 bits per heavy atom. The van der Waals surface area contributed by atoms with E-state index in [-0.39, 0.29) is 11.1 Å². The largest absolute Gasteiger partial charge is 0.328 e. The number of hydrogen-bond acceptors (Lipinski definition) is 2. The van der Waals surface area contributed by atoms with E-state index in [1.807, 2.05) is 0 Å². The van der Waals surface area contributed by atoms with E-state index in [0.29, 0.717) is 12.5 Å². The molecule has 1 amide bonds. The number of carbonyl (C=O) groups excluding carboxylic acids is 1. The Kier molecular flexibility index (Phi) is 5.37. The minimum atomic E-state index is -0.179. The number of amides is 1. The fourth-order valence-corrected chi connectivity index (χ4v) is 4.46. The van der Waals surface area contributed by atoms with E-state index < -0.39 is 0 Å². The van der Waals surface area contributed by atoms with Crippen molar-refractivity contribution >= 4 is 5.91 Å². The lowest BCUT2D eigenvalue weighted by Gasteiger charge is -2.52. The van der Waals surface area contributed by atoms with Gasteiger partial charge in [-0.3, -0.25) is 9.69 Å². The van der Waals surface area contributed by atoms with E-state index in [9.17, 15) is 4.79 Å². The van der Waals surface area contributed by atoms with Gasteiger partial charge < -0.3 is 4.90 Å². The summed E-state index contributed by atoms with van der Waals surface area (Å²) in [5.41, 5.74) is 1.27. The third-order valence-electron chi connectivity index (χ3n) is 5.06. The van der Waals surface area contributed by atoms with Gasteiger partial charge in [0.05, 0.1) is 12.1 Å². The molecule has 2 aliphatic rings. The number of rotatable bonds is 5. The summed E-state index contributed by atoms with van der Waals surface area (Å²) in [6.07, 6.45) is 9.51. The molecule has 0 aromatic carbocycles. The van der Waals surface area contributed by atoms with Crippen LogP contribution in [0.1, 0.15) is 73.1 Å². The molecule has 2 aliphatic heterocycles. The molecule has 0 saturated carbocycles. The second kappa shape index (κ2) is 6.74. The third kappa shape index (κ3) is 3.92. The molecule has 1 saturated heterocycles. The Morgan fingerprint density at radius 2 is 1.82 bits per heavy atom. The lowest BCUT2D eigenvalue weighted by molar-refractivity contribution is -0.144. The maximum atomic E-state index is 13.0. The highest BCUT2D eigenvalue weighted by Gasteiger charge is 2.43. The molecular formula is C19H34N2O. The van der Waals surface area contributed by atoms with Crippen LogP contribution in [-0.2, 0) is 4.79 Å². The van der Waals surface area contributed by atoms with Crippen molar-refractivity contribution in [2.24, 2.45) is 0 Å². The van der Waals surface area contributed by atoms with Gasteiger partial charge in [-0.25, -0.2) is 0 Å². The molecule has 2 rings (SSSR count). The second-order valence-electron chi connectivity index (χ2n) is 8.26. The van der Waals surface area contributed by atoms with E-state index >= 15 is 0 Å². The summed E-state index contributed by atoms with van der Waals surface area (Å²) in [5, 5.41) is 0. The summed E-state index contributed by atoms with van der Waals surface area (Å²) in [4.78, 5) is 17.4. The number of unbranched alkanes of at least 4 members (excludes halogenated alkanes) is 1. The summed E-state index contributed by atoms with van der Waals surface area (Å²) in [6.45, 7) is 13.8. The Hall–Kier alpha value is -0.830. The molecule has 0 bridgehead atoms. The molecule has 3 nitrogen and oxygen atoms in total. The van der Waals surface area contributed by atoms with E-state index in [1.54, 1.807) is 0 Å². The van der Waals surface area contributed by atoms with Crippen LogP contribution in [0.25, 0.3) is 0 Å². The summed E-state index contributed by atoms with van der Waals surface area (Å²) in [5.74, 6) is 0.294. The van der Waals surface area contributed by atoms with Crippen molar-refractivity contribution in [1.82, 2.24) is 9.80 Å². The van der Waals surface area contributed by atoms with Crippen LogP contribution in [0.3, 0.4) is 0 Å². The quantitative estimate of drug-likeness (QED) is 0.717. The molecule has 0 aromatic rings. The lowest BCUT2D eigenvalue weighted by atomic mass is 9.79. The summed E-state index contributed by atoms with van der Waals surface area (Å²) >= 11 is 0. The van der Waals surface area contributed by atoms with Crippen LogP contribution in [0.5, 0.6) is 0 Å². The molecule has 2 heterocycles. The Bertz CT molecular complexity index is 431. The van der Waals surface area contributed by atoms with Gasteiger partial charge in [0.1, 0.15) is 0 Å². The molecule has 1 fully saturated rings. The van der Waals surface area contributed by atoms with Crippen molar-refractivity contribution in [3.8, 4) is 0 Å². The molecule has 0 spiro atoms. The van der Waals surface area contributed by atoms with Crippen molar-refractivity contribution in [1.29, 1.82) is 0 Å². The Labute approximate surface area is 136 Å². The zero-order valence-corrected chi connectivity index (χ0v) is 15.2. The number of carbonyl (C=O) groups is 1. The molecular weight excluding hydrogens is 272 g/mol. The van der Waals surface area contributed by atoms with Gasteiger partial charge in [-0.05, 0) is 72.9 Å². The Morgan fingerprint density at radius 1 is 1.18 bits per heavy atom. The van der Waals surface area contributed by atoms with Crippen LogP contribution in [-0.4, -0.2) is 46.4 Å². The van der Waals surface area contributed by atoms with E-state index in [0.717, 1.165) is 19.5 Å². The van der Waals surface area contributed by atoms with Gasteiger partial charge >= 0.3 is 0 Å². The predicted molar refractivity (Wildman–Crippen MR) is 92.9 cm³/mol. The molecule has 3 heteroatoms. The lowest BCUT2D eigenvalue weighted by Crippen LogP contribution is -2.61. The SMILES string of the molecule is CCCCC1=CC(C)(C)N(C(=O)CN2CCCC2)C(C)(C)C1. The maximum absolute atomic E-state index is 13.0. The van der Waals surface area contributed by atoms with E-state index in [2.05, 4.69) is 50.5 Å². The number of likely N-dealkylation sites (tertiary alicyclic amines) is 1. The van der Waals surface area contributed by atoms with Crippen molar-refractivity contribution < 1.29 is 4.79 Å². The molecule has 126 valence electrons. The van der Waals surface area contributed by atoms with Gasteiger partial charge in [0.2, 0.25) is 5.91 Å². The van der Waals surface area contributed by atoms with Gasteiger partial charge in [-0.1, -0.05) is 25.0 Å². The average molecular weight is 306 g/mol. The van der Waals surface area contributed by atoms with Gasteiger partial charge in [0, 0.05) is 5.54 Å². The smallest absolute Gasteiger partial charge is 0.237 e. The average Bonchev–Trinajstić information content (AvgIpc) is 2.85. The highest BCUT2D eigenvalue weighted by atomic mass is 16.2. The molecule has 0 N–H and O–H groups in total. The van der Waals surface area contributed by atoms with Gasteiger partial charge in [-0.15, -0.1) is 0 Å². The molecule has 22 heavy (non-hydrogen) atoms. The first-order chi connectivity index (χ1) is 10.3. The Balaban J connectivity index is 2.14. The number of nitrogens with zero attached hydrogens (tertiary/aromatic N) is 2. The monoisotopic (exact) mass is 306 g/mol. The summed E-state index contributed by atoms with van der Waals surface area (Å²) in [7, 11) is 0. The zero-order chi connectivity index (χ0) is 16.4. The molecule has 0 unspecified atom stereocenters. The molecule has 0 aromatic heterocycles. The van der Waals surface area contributed by atoms with Crippen LogP contribution in [0.4, 0.5) is 0 Å². The zero-order valence-electron chi connectivity index (χ0n) is 15.2. The van der Waals surface area contributed by atoms with Gasteiger partial charge in [-0.2, -0.15) is 0 Å². The van der Waals surface area contributed by atoms with Crippen molar-refractivity contribution in [3.63, 3.8) is 0 Å². The van der Waals surface area contributed by atoms with Gasteiger partial charge in [0.25, 0.3) is 0 Å².